The third-order valence-electron chi connectivity index (χ3n) is 4.24. The third kappa shape index (κ3) is 4.00. The first-order valence-corrected chi connectivity index (χ1v) is 9.11. The van der Waals surface area contributed by atoms with E-state index in [0.29, 0.717) is 12.6 Å². The van der Waals surface area contributed by atoms with Crippen LogP contribution in [0.25, 0.3) is 0 Å². The SMILES string of the molecule is CC(C)C(=O)NCC[C@@H]1CN(Cc2ccsc2)Cc2ccnn21. The zero-order chi connectivity index (χ0) is 16.2. The Bertz CT molecular complexity index is 635. The maximum Gasteiger partial charge on any atom is 0.222 e. The van der Waals surface area contributed by atoms with Gasteiger partial charge in [-0.1, -0.05) is 13.8 Å². The van der Waals surface area contributed by atoms with Gasteiger partial charge in [0, 0.05) is 38.3 Å². The molecule has 3 rings (SSSR count). The van der Waals surface area contributed by atoms with E-state index in [2.05, 4.69) is 42.9 Å². The second kappa shape index (κ2) is 7.27. The molecule has 1 N–H and O–H groups in total. The van der Waals surface area contributed by atoms with E-state index in [4.69, 9.17) is 0 Å². The average Bonchev–Trinajstić information content (AvgIpc) is 3.18. The zero-order valence-corrected chi connectivity index (χ0v) is 14.6. The van der Waals surface area contributed by atoms with Crippen molar-refractivity contribution in [1.82, 2.24) is 20.0 Å². The van der Waals surface area contributed by atoms with Gasteiger partial charge in [-0.05, 0) is 34.9 Å². The summed E-state index contributed by atoms with van der Waals surface area (Å²) >= 11 is 1.74. The molecule has 0 radical (unpaired) electrons. The highest BCUT2D eigenvalue weighted by molar-refractivity contribution is 7.07. The first-order valence-electron chi connectivity index (χ1n) is 8.17. The van der Waals surface area contributed by atoms with Gasteiger partial charge in [0.25, 0.3) is 0 Å². The topological polar surface area (TPSA) is 50.2 Å². The van der Waals surface area contributed by atoms with Gasteiger partial charge >= 0.3 is 0 Å². The highest BCUT2D eigenvalue weighted by Gasteiger charge is 2.25. The summed E-state index contributed by atoms with van der Waals surface area (Å²) in [7, 11) is 0. The molecule has 0 aromatic carbocycles. The van der Waals surface area contributed by atoms with Crippen LogP contribution in [-0.2, 0) is 17.9 Å². The summed E-state index contributed by atoms with van der Waals surface area (Å²) in [5.74, 6) is 0.160. The quantitative estimate of drug-likeness (QED) is 0.885. The van der Waals surface area contributed by atoms with Crippen LogP contribution >= 0.6 is 11.3 Å². The van der Waals surface area contributed by atoms with Crippen molar-refractivity contribution in [2.24, 2.45) is 5.92 Å². The summed E-state index contributed by atoms with van der Waals surface area (Å²) in [6.45, 7) is 7.43. The first kappa shape index (κ1) is 16.2. The zero-order valence-electron chi connectivity index (χ0n) is 13.7. The van der Waals surface area contributed by atoms with Crippen LogP contribution in [0.2, 0.25) is 0 Å². The van der Waals surface area contributed by atoms with Gasteiger partial charge in [-0.25, -0.2) is 0 Å². The van der Waals surface area contributed by atoms with E-state index in [1.54, 1.807) is 11.3 Å². The Morgan fingerprint density at radius 1 is 1.48 bits per heavy atom. The normalized spacial score (nSPS) is 18.1. The molecule has 0 spiro atoms. The molecule has 0 saturated carbocycles. The molecule has 0 fully saturated rings. The molecule has 6 heteroatoms. The molecule has 1 atom stereocenters. The molecule has 2 aromatic rings. The molecule has 1 aliphatic rings. The Morgan fingerprint density at radius 2 is 2.35 bits per heavy atom. The van der Waals surface area contributed by atoms with Crippen LogP contribution in [0.3, 0.4) is 0 Å². The number of nitrogens with one attached hydrogen (secondary N) is 1. The van der Waals surface area contributed by atoms with E-state index < -0.39 is 0 Å². The van der Waals surface area contributed by atoms with Gasteiger partial charge in [-0.3, -0.25) is 14.4 Å². The molecule has 0 saturated heterocycles. The Kier molecular flexibility index (Phi) is 5.13. The van der Waals surface area contributed by atoms with Crippen LogP contribution < -0.4 is 5.32 Å². The van der Waals surface area contributed by atoms with Gasteiger partial charge < -0.3 is 5.32 Å². The van der Waals surface area contributed by atoms with Gasteiger partial charge in [0.15, 0.2) is 0 Å². The number of carbonyl (C=O) groups excluding carboxylic acids is 1. The van der Waals surface area contributed by atoms with E-state index in [1.807, 2.05) is 20.0 Å². The van der Waals surface area contributed by atoms with Crippen LogP contribution in [0.4, 0.5) is 0 Å². The predicted octanol–water partition coefficient (Wildman–Crippen LogP) is 2.66. The molecule has 2 aromatic heterocycles. The van der Waals surface area contributed by atoms with Crippen molar-refractivity contribution in [3.8, 4) is 0 Å². The smallest absolute Gasteiger partial charge is 0.222 e. The first-order chi connectivity index (χ1) is 11.1. The van der Waals surface area contributed by atoms with Crippen molar-refractivity contribution < 1.29 is 4.79 Å². The number of carbonyl (C=O) groups is 1. The number of hydrogen-bond acceptors (Lipinski definition) is 4. The maximum atomic E-state index is 11.7. The van der Waals surface area contributed by atoms with Crippen LogP contribution in [0.15, 0.2) is 29.1 Å². The number of thiophene rings is 1. The molecule has 0 bridgehead atoms. The molecular formula is C17H24N4OS. The summed E-state index contributed by atoms with van der Waals surface area (Å²) in [5, 5.41) is 11.8. The molecule has 0 unspecified atom stereocenters. The molecule has 0 aliphatic carbocycles. The van der Waals surface area contributed by atoms with Crippen molar-refractivity contribution in [1.29, 1.82) is 0 Å². The number of fused-ring (bicyclic) bond motifs is 1. The number of amides is 1. The summed E-state index contributed by atoms with van der Waals surface area (Å²) in [5.41, 5.74) is 2.63. The molecule has 5 nitrogen and oxygen atoms in total. The summed E-state index contributed by atoms with van der Waals surface area (Å²) in [6.07, 6.45) is 2.79. The van der Waals surface area contributed by atoms with Crippen LogP contribution in [0.1, 0.15) is 37.6 Å². The Hall–Kier alpha value is -1.66. The number of aromatic nitrogens is 2. The fraction of sp³-hybridized carbons (Fsp3) is 0.529. The molecule has 23 heavy (non-hydrogen) atoms. The van der Waals surface area contributed by atoms with Gasteiger partial charge in [-0.15, -0.1) is 0 Å². The van der Waals surface area contributed by atoms with Gasteiger partial charge in [-0.2, -0.15) is 16.4 Å². The fourth-order valence-corrected chi connectivity index (χ4v) is 3.67. The fourth-order valence-electron chi connectivity index (χ4n) is 3.01. The molecular weight excluding hydrogens is 308 g/mol. The molecule has 3 heterocycles. The Morgan fingerprint density at radius 3 is 3.09 bits per heavy atom. The summed E-state index contributed by atoms with van der Waals surface area (Å²) in [4.78, 5) is 14.2. The summed E-state index contributed by atoms with van der Waals surface area (Å²) in [6, 6.07) is 4.60. The molecule has 1 aliphatic heterocycles. The van der Waals surface area contributed by atoms with Gasteiger partial charge in [0.2, 0.25) is 5.91 Å². The average molecular weight is 332 g/mol. The maximum absolute atomic E-state index is 11.7. The van der Waals surface area contributed by atoms with Crippen molar-refractivity contribution in [2.75, 3.05) is 13.1 Å². The Balaban J connectivity index is 1.61. The van der Waals surface area contributed by atoms with Crippen LogP contribution in [0.5, 0.6) is 0 Å². The molecule has 124 valence electrons. The van der Waals surface area contributed by atoms with Gasteiger partial charge in [0.05, 0.1) is 11.7 Å². The summed E-state index contributed by atoms with van der Waals surface area (Å²) < 4.78 is 2.13. The highest BCUT2D eigenvalue weighted by atomic mass is 32.1. The standard InChI is InChI=1S/C17H24N4OS/c1-13(2)17(22)18-6-3-15-10-20(9-14-5-8-23-12-14)11-16-4-7-19-21(15)16/h4-5,7-8,12-13,15H,3,6,9-11H2,1-2H3,(H,18,22)/t15-/m1/s1. The van der Waals surface area contributed by atoms with Gasteiger partial charge in [0.1, 0.15) is 0 Å². The number of hydrogen-bond donors (Lipinski definition) is 1. The van der Waals surface area contributed by atoms with E-state index in [9.17, 15) is 4.79 Å². The lowest BCUT2D eigenvalue weighted by atomic mass is 10.1. The minimum atomic E-state index is 0.0386. The van der Waals surface area contributed by atoms with Crippen molar-refractivity contribution in [3.05, 3.63) is 40.3 Å². The van der Waals surface area contributed by atoms with Crippen LogP contribution in [-0.4, -0.2) is 33.7 Å². The lowest BCUT2D eigenvalue weighted by molar-refractivity contribution is -0.124. The van der Waals surface area contributed by atoms with Crippen molar-refractivity contribution >= 4 is 17.2 Å². The van der Waals surface area contributed by atoms with Crippen molar-refractivity contribution in [3.63, 3.8) is 0 Å². The van der Waals surface area contributed by atoms with E-state index in [-0.39, 0.29) is 11.8 Å². The van der Waals surface area contributed by atoms with Crippen LogP contribution in [0, 0.1) is 5.92 Å². The van der Waals surface area contributed by atoms with E-state index >= 15 is 0 Å². The number of nitrogens with zero attached hydrogens (tertiary/aromatic N) is 3. The highest BCUT2D eigenvalue weighted by Crippen LogP contribution is 2.24. The second-order valence-electron chi connectivity index (χ2n) is 6.46. The van der Waals surface area contributed by atoms with E-state index in [0.717, 1.165) is 26.1 Å². The predicted molar refractivity (Wildman–Crippen MR) is 92.2 cm³/mol. The lowest BCUT2D eigenvalue weighted by Crippen LogP contribution is -2.39. The van der Waals surface area contributed by atoms with E-state index in [1.165, 1.54) is 11.3 Å². The largest absolute Gasteiger partial charge is 0.356 e. The lowest BCUT2D eigenvalue weighted by Gasteiger charge is -2.34. The third-order valence-corrected chi connectivity index (χ3v) is 4.97. The minimum Gasteiger partial charge on any atom is -0.356 e. The minimum absolute atomic E-state index is 0.0386. The Labute approximate surface area is 141 Å². The number of rotatable bonds is 6. The second-order valence-corrected chi connectivity index (χ2v) is 7.24. The van der Waals surface area contributed by atoms with Crippen molar-refractivity contribution in [2.45, 2.75) is 39.4 Å². The molecule has 1 amide bonds. The monoisotopic (exact) mass is 332 g/mol.